The summed E-state index contributed by atoms with van der Waals surface area (Å²) in [6.07, 6.45) is 2.57. The number of oxime groups is 1. The van der Waals surface area contributed by atoms with Crippen molar-refractivity contribution in [3.05, 3.63) is 75.3 Å². The standard InChI is InChI=1S/C18H13Cl2N3O2/c19-16-7-6-14(9-17(16)20)11-25-23-12-22-18(24)15(10-21)8-13-4-2-1-3-5-13/h1-9,12H,11H2,(H,22,23,24)/b15-8-. The molecule has 5 nitrogen and oxygen atoms in total. The third-order valence-electron chi connectivity index (χ3n) is 3.01. The van der Waals surface area contributed by atoms with Crippen molar-refractivity contribution >= 4 is 41.5 Å². The molecule has 126 valence electrons. The fourth-order valence-electron chi connectivity index (χ4n) is 1.81. The highest BCUT2D eigenvalue weighted by Gasteiger charge is 2.07. The summed E-state index contributed by atoms with van der Waals surface area (Å²) in [4.78, 5) is 17.0. The molecule has 2 aromatic carbocycles. The molecule has 0 heterocycles. The van der Waals surface area contributed by atoms with E-state index >= 15 is 0 Å². The summed E-state index contributed by atoms with van der Waals surface area (Å²) in [5, 5.41) is 15.9. The zero-order valence-corrected chi connectivity index (χ0v) is 14.5. The summed E-state index contributed by atoms with van der Waals surface area (Å²) in [6, 6.07) is 16.0. The second-order valence-electron chi connectivity index (χ2n) is 4.81. The summed E-state index contributed by atoms with van der Waals surface area (Å²) < 4.78 is 0. The number of carbonyl (C=O) groups is 1. The van der Waals surface area contributed by atoms with Crippen LogP contribution in [-0.2, 0) is 16.2 Å². The number of halogens is 2. The van der Waals surface area contributed by atoms with Gasteiger partial charge in [0.15, 0.2) is 0 Å². The lowest BCUT2D eigenvalue weighted by Crippen LogP contribution is -2.22. The van der Waals surface area contributed by atoms with Crippen molar-refractivity contribution in [1.29, 1.82) is 5.26 Å². The Bertz CT molecular complexity index is 843. The Labute approximate surface area is 155 Å². The highest BCUT2D eigenvalue weighted by molar-refractivity contribution is 6.42. The molecular weight excluding hydrogens is 361 g/mol. The Hall–Kier alpha value is -2.81. The lowest BCUT2D eigenvalue weighted by atomic mass is 10.1. The van der Waals surface area contributed by atoms with E-state index < -0.39 is 5.91 Å². The molecule has 1 amide bonds. The van der Waals surface area contributed by atoms with Crippen molar-refractivity contribution in [2.75, 3.05) is 0 Å². The van der Waals surface area contributed by atoms with E-state index in [1.165, 1.54) is 6.08 Å². The third kappa shape index (κ3) is 5.96. The number of rotatable bonds is 6. The Morgan fingerprint density at radius 3 is 2.64 bits per heavy atom. The second-order valence-corrected chi connectivity index (χ2v) is 5.62. The molecule has 0 atom stereocenters. The summed E-state index contributed by atoms with van der Waals surface area (Å²) >= 11 is 11.7. The van der Waals surface area contributed by atoms with E-state index in [1.54, 1.807) is 30.3 Å². The molecule has 0 aliphatic heterocycles. The molecule has 0 aliphatic rings. The number of carbonyl (C=O) groups excluding carboxylic acids is 1. The normalized spacial score (nSPS) is 11.2. The fourth-order valence-corrected chi connectivity index (χ4v) is 2.13. The second kappa shape index (κ2) is 9.48. The average Bonchev–Trinajstić information content (AvgIpc) is 2.63. The zero-order chi connectivity index (χ0) is 18.1. The van der Waals surface area contributed by atoms with Gasteiger partial charge in [0, 0.05) is 0 Å². The summed E-state index contributed by atoms with van der Waals surface area (Å²) in [5.41, 5.74) is 1.49. The highest BCUT2D eigenvalue weighted by atomic mass is 35.5. The van der Waals surface area contributed by atoms with Crippen LogP contribution < -0.4 is 5.32 Å². The molecule has 0 aromatic heterocycles. The smallest absolute Gasteiger partial charge is 0.267 e. The van der Waals surface area contributed by atoms with Crippen LogP contribution in [0, 0.1) is 11.3 Å². The summed E-state index contributed by atoms with van der Waals surface area (Å²) in [7, 11) is 0. The minimum absolute atomic E-state index is 0.0397. The molecule has 7 heteroatoms. The van der Waals surface area contributed by atoms with E-state index in [2.05, 4.69) is 10.5 Å². The minimum atomic E-state index is -0.576. The molecule has 0 saturated heterocycles. The highest BCUT2D eigenvalue weighted by Crippen LogP contribution is 2.22. The molecule has 2 aromatic rings. The summed E-state index contributed by atoms with van der Waals surface area (Å²) in [5.74, 6) is -0.576. The van der Waals surface area contributed by atoms with Crippen LogP contribution in [0.25, 0.3) is 6.08 Å². The molecule has 0 spiro atoms. The maximum absolute atomic E-state index is 11.9. The quantitative estimate of drug-likeness (QED) is 0.271. The van der Waals surface area contributed by atoms with Crippen molar-refractivity contribution in [3.8, 4) is 6.07 Å². The number of amides is 1. The maximum Gasteiger partial charge on any atom is 0.267 e. The minimum Gasteiger partial charge on any atom is -0.390 e. The van der Waals surface area contributed by atoms with Crippen molar-refractivity contribution in [1.82, 2.24) is 5.32 Å². The number of benzene rings is 2. The van der Waals surface area contributed by atoms with Crippen molar-refractivity contribution < 1.29 is 9.63 Å². The first-order chi connectivity index (χ1) is 12.1. The summed E-state index contributed by atoms with van der Waals surface area (Å²) in [6.45, 7) is 0.161. The van der Waals surface area contributed by atoms with Crippen LogP contribution in [0.4, 0.5) is 0 Å². The molecule has 0 bridgehead atoms. The van der Waals surface area contributed by atoms with Crippen molar-refractivity contribution in [3.63, 3.8) is 0 Å². The molecule has 0 unspecified atom stereocenters. The van der Waals surface area contributed by atoms with Gasteiger partial charge in [-0.1, -0.05) is 64.8 Å². The van der Waals surface area contributed by atoms with Crippen LogP contribution in [-0.4, -0.2) is 12.2 Å². The monoisotopic (exact) mass is 373 g/mol. The van der Waals surface area contributed by atoms with E-state index in [1.807, 2.05) is 24.3 Å². The number of nitriles is 1. The van der Waals surface area contributed by atoms with Gasteiger partial charge >= 0.3 is 0 Å². The van der Waals surface area contributed by atoms with Crippen LogP contribution in [0.2, 0.25) is 10.0 Å². The predicted molar refractivity (Wildman–Crippen MR) is 97.9 cm³/mol. The first-order valence-electron chi connectivity index (χ1n) is 7.15. The molecule has 0 radical (unpaired) electrons. The molecular formula is C18H13Cl2N3O2. The van der Waals surface area contributed by atoms with Crippen molar-refractivity contribution in [2.24, 2.45) is 5.16 Å². The van der Waals surface area contributed by atoms with Gasteiger partial charge in [-0.15, -0.1) is 0 Å². The van der Waals surface area contributed by atoms with Gasteiger partial charge in [-0.25, -0.2) is 0 Å². The van der Waals surface area contributed by atoms with Crippen LogP contribution in [0.3, 0.4) is 0 Å². The first kappa shape index (κ1) is 18.5. The van der Waals surface area contributed by atoms with Gasteiger partial charge in [-0.05, 0) is 29.3 Å². The SMILES string of the molecule is N#C/C(=C/c1ccccc1)C(=O)N/C=N\OCc1ccc(Cl)c(Cl)c1. The predicted octanol–water partition coefficient (Wildman–Crippen LogP) is 4.18. The molecule has 0 aliphatic carbocycles. The van der Waals surface area contributed by atoms with Crippen LogP contribution in [0.15, 0.2) is 59.3 Å². The topological polar surface area (TPSA) is 74.5 Å². The number of nitrogens with zero attached hydrogens (tertiary/aromatic N) is 2. The Kier molecular flexibility index (Phi) is 7.02. The van der Waals surface area contributed by atoms with Gasteiger partial charge in [0.25, 0.3) is 5.91 Å². The number of hydrogen-bond donors (Lipinski definition) is 1. The van der Waals surface area contributed by atoms with E-state index in [-0.39, 0.29) is 12.2 Å². The molecule has 0 saturated carbocycles. The largest absolute Gasteiger partial charge is 0.390 e. The van der Waals surface area contributed by atoms with E-state index in [4.69, 9.17) is 33.3 Å². The molecule has 1 N–H and O–H groups in total. The van der Waals surface area contributed by atoms with Crippen molar-refractivity contribution in [2.45, 2.75) is 6.61 Å². The Balaban J connectivity index is 1.86. The Morgan fingerprint density at radius 2 is 1.96 bits per heavy atom. The fraction of sp³-hybridized carbons (Fsp3) is 0.0556. The molecule has 0 fully saturated rings. The van der Waals surface area contributed by atoms with Gasteiger partial charge in [-0.3, -0.25) is 4.79 Å². The molecule has 25 heavy (non-hydrogen) atoms. The van der Waals surface area contributed by atoms with Gasteiger partial charge in [0.1, 0.15) is 24.6 Å². The lowest BCUT2D eigenvalue weighted by molar-refractivity contribution is -0.115. The average molecular weight is 374 g/mol. The molecule has 2 rings (SSSR count). The lowest BCUT2D eigenvalue weighted by Gasteiger charge is -2.02. The van der Waals surface area contributed by atoms with E-state index in [9.17, 15) is 4.79 Å². The zero-order valence-electron chi connectivity index (χ0n) is 12.9. The first-order valence-corrected chi connectivity index (χ1v) is 7.91. The van der Waals surface area contributed by atoms with Gasteiger partial charge in [0.2, 0.25) is 0 Å². The number of nitrogens with one attached hydrogen (secondary N) is 1. The third-order valence-corrected chi connectivity index (χ3v) is 3.75. The van der Waals surface area contributed by atoms with Crippen LogP contribution >= 0.6 is 23.2 Å². The van der Waals surface area contributed by atoms with E-state index in [0.29, 0.717) is 10.0 Å². The van der Waals surface area contributed by atoms with Gasteiger partial charge < -0.3 is 10.2 Å². The maximum atomic E-state index is 11.9. The van der Waals surface area contributed by atoms with Crippen LogP contribution in [0.5, 0.6) is 0 Å². The van der Waals surface area contributed by atoms with Crippen LogP contribution in [0.1, 0.15) is 11.1 Å². The van der Waals surface area contributed by atoms with Gasteiger partial charge in [0.05, 0.1) is 10.0 Å². The van der Waals surface area contributed by atoms with Gasteiger partial charge in [-0.2, -0.15) is 5.26 Å². The number of hydrogen-bond acceptors (Lipinski definition) is 4. The Morgan fingerprint density at radius 1 is 1.20 bits per heavy atom. The van der Waals surface area contributed by atoms with E-state index in [0.717, 1.165) is 17.5 Å².